The molecule has 1 amide bonds. The fourth-order valence-corrected chi connectivity index (χ4v) is 3.53. The third kappa shape index (κ3) is 4.90. The molecule has 1 heterocycles. The average molecular weight is 395 g/mol. The van der Waals surface area contributed by atoms with Gasteiger partial charge in [0.15, 0.2) is 0 Å². The second kappa shape index (κ2) is 9.70. The van der Waals surface area contributed by atoms with Crippen LogP contribution in [0.5, 0.6) is 0 Å². The van der Waals surface area contributed by atoms with E-state index in [1.165, 1.54) is 12.8 Å². The summed E-state index contributed by atoms with van der Waals surface area (Å²) >= 11 is 6.01. The molecule has 1 atom stereocenters. The maximum atomic E-state index is 13.0. The smallest absolute Gasteiger partial charge is 0.252 e. The van der Waals surface area contributed by atoms with Crippen LogP contribution in [-0.2, 0) is 0 Å². The van der Waals surface area contributed by atoms with E-state index < -0.39 is 0 Å². The quantitative estimate of drug-likeness (QED) is 0.473. The summed E-state index contributed by atoms with van der Waals surface area (Å²) in [5.74, 6) is 0.483. The number of benzene rings is 2. The van der Waals surface area contributed by atoms with Gasteiger partial charge in [0, 0.05) is 22.5 Å². The predicted molar refractivity (Wildman–Crippen MR) is 118 cm³/mol. The Bertz CT molecular complexity index is 937. The van der Waals surface area contributed by atoms with E-state index in [-0.39, 0.29) is 5.91 Å². The number of carbonyl (C=O) groups is 1. The Morgan fingerprint density at radius 3 is 2.57 bits per heavy atom. The van der Waals surface area contributed by atoms with Crippen molar-refractivity contribution >= 4 is 28.4 Å². The zero-order valence-electron chi connectivity index (χ0n) is 16.5. The number of unbranched alkanes of at least 4 members (excludes halogenated alkanes) is 1. The van der Waals surface area contributed by atoms with Crippen molar-refractivity contribution in [3.05, 3.63) is 65.2 Å². The first-order chi connectivity index (χ1) is 13.6. The fraction of sp³-hybridized carbons (Fsp3) is 0.333. The predicted octanol–water partition coefficient (Wildman–Crippen LogP) is 6.50. The third-order valence-electron chi connectivity index (χ3n) is 5.20. The molecule has 0 aliphatic heterocycles. The van der Waals surface area contributed by atoms with Crippen molar-refractivity contribution in [3.63, 3.8) is 0 Å². The number of para-hydroxylation sites is 1. The Morgan fingerprint density at radius 1 is 1.11 bits per heavy atom. The summed E-state index contributed by atoms with van der Waals surface area (Å²) in [5.41, 5.74) is 3.20. The normalized spacial score (nSPS) is 12.1. The van der Waals surface area contributed by atoms with Gasteiger partial charge in [-0.3, -0.25) is 4.79 Å². The summed E-state index contributed by atoms with van der Waals surface area (Å²) in [5, 5.41) is 4.71. The van der Waals surface area contributed by atoms with Gasteiger partial charge in [0.1, 0.15) is 0 Å². The molecular formula is C24H27ClN2O. The first-order valence-electron chi connectivity index (χ1n) is 10.1. The van der Waals surface area contributed by atoms with E-state index >= 15 is 0 Å². The van der Waals surface area contributed by atoms with Crippen LogP contribution in [0.3, 0.4) is 0 Å². The highest BCUT2D eigenvalue weighted by Gasteiger charge is 2.15. The van der Waals surface area contributed by atoms with Crippen LogP contribution in [-0.4, -0.2) is 17.4 Å². The van der Waals surface area contributed by atoms with Gasteiger partial charge >= 0.3 is 0 Å². The summed E-state index contributed by atoms with van der Waals surface area (Å²) < 4.78 is 0. The Balaban J connectivity index is 1.90. The van der Waals surface area contributed by atoms with Crippen LogP contribution in [0, 0.1) is 5.92 Å². The van der Waals surface area contributed by atoms with Gasteiger partial charge in [0.05, 0.1) is 16.8 Å². The van der Waals surface area contributed by atoms with Gasteiger partial charge in [0.25, 0.3) is 5.91 Å². The van der Waals surface area contributed by atoms with Gasteiger partial charge in [0.2, 0.25) is 0 Å². The number of nitrogens with zero attached hydrogens (tertiary/aromatic N) is 1. The molecule has 28 heavy (non-hydrogen) atoms. The Hall–Kier alpha value is -2.39. The Labute approximate surface area is 172 Å². The van der Waals surface area contributed by atoms with Crippen LogP contribution in [0.15, 0.2) is 54.6 Å². The SMILES string of the molecule is CCCCC(CC)CNC(=O)c1cc(-c2ccc(Cl)cc2)nc2ccccc12. The van der Waals surface area contributed by atoms with Crippen LogP contribution in [0.25, 0.3) is 22.2 Å². The van der Waals surface area contributed by atoms with E-state index in [1.807, 2.05) is 54.6 Å². The number of hydrogen-bond acceptors (Lipinski definition) is 2. The van der Waals surface area contributed by atoms with Gasteiger partial charge in [-0.15, -0.1) is 0 Å². The van der Waals surface area contributed by atoms with E-state index in [0.717, 1.165) is 35.0 Å². The number of aromatic nitrogens is 1. The maximum Gasteiger partial charge on any atom is 0.252 e. The maximum absolute atomic E-state index is 13.0. The molecule has 1 aromatic heterocycles. The standard InChI is InChI=1S/C24H27ClN2O/c1-3-5-8-17(4-2)16-26-24(28)21-15-23(18-11-13-19(25)14-12-18)27-22-10-7-6-9-20(21)22/h6-7,9-15,17H,3-5,8,16H2,1-2H3,(H,26,28). The number of pyridine rings is 1. The van der Waals surface area contributed by atoms with Gasteiger partial charge in [-0.1, -0.05) is 75.0 Å². The molecule has 0 aliphatic rings. The van der Waals surface area contributed by atoms with Gasteiger partial charge in [-0.05, 0) is 36.6 Å². The highest BCUT2D eigenvalue weighted by Crippen LogP contribution is 2.26. The minimum Gasteiger partial charge on any atom is -0.352 e. The molecule has 3 nitrogen and oxygen atoms in total. The molecule has 0 spiro atoms. The number of halogens is 1. The van der Waals surface area contributed by atoms with Crippen molar-refractivity contribution in [2.75, 3.05) is 6.54 Å². The van der Waals surface area contributed by atoms with Crippen molar-refractivity contribution in [2.24, 2.45) is 5.92 Å². The molecule has 2 aromatic carbocycles. The largest absolute Gasteiger partial charge is 0.352 e. The minimum absolute atomic E-state index is 0.0382. The van der Waals surface area contributed by atoms with E-state index in [0.29, 0.717) is 23.0 Å². The van der Waals surface area contributed by atoms with Crippen LogP contribution in [0.2, 0.25) is 5.02 Å². The lowest BCUT2D eigenvalue weighted by atomic mass is 9.99. The summed E-state index contributed by atoms with van der Waals surface area (Å²) in [6.07, 6.45) is 4.62. The third-order valence-corrected chi connectivity index (χ3v) is 5.45. The second-order valence-corrected chi connectivity index (χ2v) is 7.64. The molecule has 0 saturated carbocycles. The summed E-state index contributed by atoms with van der Waals surface area (Å²) in [6.45, 7) is 5.10. The second-order valence-electron chi connectivity index (χ2n) is 7.21. The van der Waals surface area contributed by atoms with Crippen molar-refractivity contribution in [3.8, 4) is 11.3 Å². The number of rotatable bonds is 8. The zero-order valence-corrected chi connectivity index (χ0v) is 17.3. The van der Waals surface area contributed by atoms with Gasteiger partial charge in [-0.25, -0.2) is 4.98 Å². The molecule has 0 radical (unpaired) electrons. The Morgan fingerprint density at radius 2 is 1.86 bits per heavy atom. The van der Waals surface area contributed by atoms with E-state index in [1.54, 1.807) is 0 Å². The van der Waals surface area contributed by atoms with E-state index in [9.17, 15) is 4.79 Å². The average Bonchev–Trinajstić information content (AvgIpc) is 2.73. The van der Waals surface area contributed by atoms with E-state index in [4.69, 9.17) is 16.6 Å². The van der Waals surface area contributed by atoms with Crippen LogP contribution >= 0.6 is 11.6 Å². The summed E-state index contributed by atoms with van der Waals surface area (Å²) in [6, 6.07) is 17.2. The first kappa shape index (κ1) is 20.3. The lowest BCUT2D eigenvalue weighted by Crippen LogP contribution is -2.29. The fourth-order valence-electron chi connectivity index (χ4n) is 3.41. The minimum atomic E-state index is -0.0382. The molecule has 3 rings (SSSR count). The molecule has 0 fully saturated rings. The highest BCUT2D eigenvalue weighted by atomic mass is 35.5. The number of carbonyl (C=O) groups excluding carboxylic acids is 1. The molecule has 1 N–H and O–H groups in total. The van der Waals surface area contributed by atoms with Crippen molar-refractivity contribution in [2.45, 2.75) is 39.5 Å². The number of hydrogen-bond donors (Lipinski definition) is 1. The molecular weight excluding hydrogens is 368 g/mol. The van der Waals surface area contributed by atoms with Crippen molar-refractivity contribution in [1.29, 1.82) is 0 Å². The molecule has 1 unspecified atom stereocenters. The molecule has 4 heteroatoms. The van der Waals surface area contributed by atoms with Crippen LogP contribution in [0.4, 0.5) is 0 Å². The molecule has 146 valence electrons. The van der Waals surface area contributed by atoms with Crippen LogP contribution in [0.1, 0.15) is 49.9 Å². The zero-order chi connectivity index (χ0) is 19.9. The monoisotopic (exact) mass is 394 g/mol. The lowest BCUT2D eigenvalue weighted by Gasteiger charge is -2.16. The number of nitrogens with one attached hydrogen (secondary N) is 1. The molecule has 3 aromatic rings. The number of amides is 1. The van der Waals surface area contributed by atoms with Gasteiger partial charge in [-0.2, -0.15) is 0 Å². The molecule has 0 bridgehead atoms. The topological polar surface area (TPSA) is 42.0 Å². The lowest BCUT2D eigenvalue weighted by molar-refractivity contribution is 0.0947. The summed E-state index contributed by atoms with van der Waals surface area (Å²) in [4.78, 5) is 17.8. The first-order valence-corrected chi connectivity index (χ1v) is 10.4. The van der Waals surface area contributed by atoms with E-state index in [2.05, 4.69) is 19.2 Å². The highest BCUT2D eigenvalue weighted by molar-refractivity contribution is 6.30. The van der Waals surface area contributed by atoms with Crippen LogP contribution < -0.4 is 5.32 Å². The van der Waals surface area contributed by atoms with Crippen molar-refractivity contribution in [1.82, 2.24) is 10.3 Å². The van der Waals surface area contributed by atoms with Crippen molar-refractivity contribution < 1.29 is 4.79 Å². The molecule has 0 aliphatic carbocycles. The Kier molecular flexibility index (Phi) is 7.05. The number of fused-ring (bicyclic) bond motifs is 1. The molecule has 0 saturated heterocycles. The summed E-state index contributed by atoms with van der Waals surface area (Å²) in [7, 11) is 0. The van der Waals surface area contributed by atoms with Gasteiger partial charge < -0.3 is 5.32 Å².